The van der Waals surface area contributed by atoms with E-state index in [0.717, 1.165) is 0 Å². The van der Waals surface area contributed by atoms with Crippen LogP contribution in [0.2, 0.25) is 0 Å². The predicted molar refractivity (Wildman–Crippen MR) is 88.6 cm³/mol. The molecule has 24 heavy (non-hydrogen) atoms. The van der Waals surface area contributed by atoms with Crippen LogP contribution in [0.25, 0.3) is 0 Å². The zero-order valence-electron chi connectivity index (χ0n) is 15.0. The number of nitrogens with one attached hydrogen (secondary N) is 2. The maximum Gasteiger partial charge on any atom is 0.407 e. The molecule has 1 aliphatic heterocycles. The van der Waals surface area contributed by atoms with Crippen molar-refractivity contribution in [1.29, 1.82) is 0 Å². The quantitative estimate of drug-likeness (QED) is 0.791. The van der Waals surface area contributed by atoms with Crippen molar-refractivity contribution >= 4 is 18.1 Å². The van der Waals surface area contributed by atoms with E-state index >= 15 is 0 Å². The number of amides is 3. The Kier molecular flexibility index (Phi) is 7.81. The van der Waals surface area contributed by atoms with Gasteiger partial charge in [0.05, 0.1) is 6.61 Å². The highest BCUT2D eigenvalue weighted by Crippen LogP contribution is 2.12. The first-order chi connectivity index (χ1) is 11.2. The van der Waals surface area contributed by atoms with Gasteiger partial charge in [-0.3, -0.25) is 4.79 Å². The van der Waals surface area contributed by atoms with Crippen molar-refractivity contribution in [2.24, 2.45) is 0 Å². The Morgan fingerprint density at radius 2 is 1.75 bits per heavy atom. The van der Waals surface area contributed by atoms with E-state index in [1.54, 1.807) is 32.6 Å². The normalized spacial score (nSPS) is 15.6. The van der Waals surface area contributed by atoms with Crippen molar-refractivity contribution < 1.29 is 23.9 Å². The first-order valence-electron chi connectivity index (χ1n) is 8.39. The van der Waals surface area contributed by atoms with E-state index in [1.165, 1.54) is 0 Å². The Hall–Kier alpha value is -1.99. The highest BCUT2D eigenvalue weighted by molar-refractivity contribution is 5.77. The minimum atomic E-state index is -0.554. The average Bonchev–Trinajstić information content (AvgIpc) is 2.46. The molecule has 0 aromatic carbocycles. The Balaban J connectivity index is 2.21. The lowest BCUT2D eigenvalue weighted by Gasteiger charge is -2.32. The van der Waals surface area contributed by atoms with Crippen LogP contribution in [-0.4, -0.2) is 60.9 Å². The number of ether oxygens (including phenoxy) is 2. The molecule has 1 aliphatic rings. The number of nitrogens with zero attached hydrogens (tertiary/aromatic N) is 1. The Bertz CT molecular complexity index is 439. The molecule has 2 N–H and O–H groups in total. The topological polar surface area (TPSA) is 97.0 Å². The summed E-state index contributed by atoms with van der Waals surface area (Å²) in [5.41, 5.74) is -0.554. The highest BCUT2D eigenvalue weighted by Gasteiger charge is 2.24. The lowest BCUT2D eigenvalue weighted by atomic mass is 10.0. The third kappa shape index (κ3) is 8.03. The molecule has 0 spiro atoms. The average molecular weight is 343 g/mol. The van der Waals surface area contributed by atoms with Crippen molar-refractivity contribution in [3.63, 3.8) is 0 Å². The molecule has 0 aromatic heterocycles. The summed E-state index contributed by atoms with van der Waals surface area (Å²) >= 11 is 0. The lowest BCUT2D eigenvalue weighted by Crippen LogP contribution is -2.47. The highest BCUT2D eigenvalue weighted by atomic mass is 16.6. The molecule has 138 valence electrons. The second kappa shape index (κ2) is 9.34. The lowest BCUT2D eigenvalue weighted by molar-refractivity contribution is -0.132. The molecule has 3 amide bonds. The summed E-state index contributed by atoms with van der Waals surface area (Å²) in [6.07, 6.45) is 0.694. The molecule has 1 rings (SSSR count). The van der Waals surface area contributed by atoms with Gasteiger partial charge in [-0.2, -0.15) is 0 Å². The molecule has 0 unspecified atom stereocenters. The van der Waals surface area contributed by atoms with E-state index in [0.29, 0.717) is 32.5 Å². The number of piperidine rings is 1. The van der Waals surface area contributed by atoms with E-state index < -0.39 is 17.8 Å². The van der Waals surface area contributed by atoms with Gasteiger partial charge in [0.1, 0.15) is 5.60 Å². The second-order valence-electron chi connectivity index (χ2n) is 6.70. The molecule has 0 radical (unpaired) electrons. The van der Waals surface area contributed by atoms with Gasteiger partial charge in [0.25, 0.3) is 0 Å². The number of hydrogen-bond acceptors (Lipinski definition) is 5. The molecule has 8 nitrogen and oxygen atoms in total. The van der Waals surface area contributed by atoms with Gasteiger partial charge in [-0.15, -0.1) is 0 Å². The van der Waals surface area contributed by atoms with E-state index in [9.17, 15) is 14.4 Å². The standard InChI is InChI=1S/C16H29N3O5/c1-5-23-15(22)18-12-7-10-19(11-8-12)13(20)6-9-17-14(21)24-16(2,3)4/h12H,5-11H2,1-4H3,(H,17,21)(H,18,22). The fourth-order valence-electron chi connectivity index (χ4n) is 2.36. The van der Waals surface area contributed by atoms with Crippen LogP contribution >= 0.6 is 0 Å². The van der Waals surface area contributed by atoms with Crippen LogP contribution in [0.5, 0.6) is 0 Å². The minimum absolute atomic E-state index is 0.0133. The molecular formula is C16H29N3O5. The van der Waals surface area contributed by atoms with Crippen LogP contribution < -0.4 is 10.6 Å². The van der Waals surface area contributed by atoms with Crippen molar-refractivity contribution in [1.82, 2.24) is 15.5 Å². The number of likely N-dealkylation sites (tertiary alicyclic amines) is 1. The largest absolute Gasteiger partial charge is 0.450 e. The van der Waals surface area contributed by atoms with E-state index in [1.807, 2.05) is 0 Å². The first-order valence-corrected chi connectivity index (χ1v) is 8.39. The molecule has 0 aliphatic carbocycles. The van der Waals surface area contributed by atoms with Gasteiger partial charge in [0.15, 0.2) is 0 Å². The van der Waals surface area contributed by atoms with E-state index in [2.05, 4.69) is 10.6 Å². The molecule has 0 atom stereocenters. The second-order valence-corrected chi connectivity index (χ2v) is 6.70. The summed E-state index contributed by atoms with van der Waals surface area (Å²) < 4.78 is 9.96. The Morgan fingerprint density at radius 1 is 1.12 bits per heavy atom. The molecule has 0 saturated carbocycles. The van der Waals surface area contributed by atoms with Gasteiger partial charge < -0.3 is 25.0 Å². The Labute approximate surface area is 143 Å². The summed E-state index contributed by atoms with van der Waals surface area (Å²) in [6.45, 7) is 8.87. The molecule has 1 heterocycles. The van der Waals surface area contributed by atoms with Crippen LogP contribution in [-0.2, 0) is 14.3 Å². The first kappa shape index (κ1) is 20.1. The van der Waals surface area contributed by atoms with Gasteiger partial charge >= 0.3 is 12.2 Å². The van der Waals surface area contributed by atoms with Crippen LogP contribution in [0.1, 0.15) is 47.0 Å². The van der Waals surface area contributed by atoms with Crippen molar-refractivity contribution in [2.75, 3.05) is 26.2 Å². The zero-order chi connectivity index (χ0) is 18.2. The number of carbonyl (C=O) groups excluding carboxylic acids is 3. The predicted octanol–water partition coefficient (Wildman–Crippen LogP) is 1.64. The third-order valence-corrected chi connectivity index (χ3v) is 3.45. The van der Waals surface area contributed by atoms with Crippen molar-refractivity contribution in [2.45, 2.75) is 58.6 Å². The fraction of sp³-hybridized carbons (Fsp3) is 0.812. The summed E-state index contributed by atoms with van der Waals surface area (Å²) in [5, 5.41) is 5.36. The molecule has 0 bridgehead atoms. The van der Waals surface area contributed by atoms with Gasteiger partial charge in [-0.25, -0.2) is 9.59 Å². The molecular weight excluding hydrogens is 314 g/mol. The molecule has 1 fully saturated rings. The number of hydrogen-bond donors (Lipinski definition) is 2. The molecule has 1 saturated heterocycles. The van der Waals surface area contributed by atoms with Crippen LogP contribution in [0.4, 0.5) is 9.59 Å². The van der Waals surface area contributed by atoms with Gasteiger partial charge in [0, 0.05) is 32.1 Å². The smallest absolute Gasteiger partial charge is 0.407 e. The monoisotopic (exact) mass is 343 g/mol. The maximum absolute atomic E-state index is 12.1. The van der Waals surface area contributed by atoms with Crippen LogP contribution in [0.3, 0.4) is 0 Å². The van der Waals surface area contributed by atoms with Gasteiger partial charge in [-0.1, -0.05) is 0 Å². The number of alkyl carbamates (subject to hydrolysis) is 2. The third-order valence-electron chi connectivity index (χ3n) is 3.45. The molecule has 8 heteroatoms. The van der Waals surface area contributed by atoms with E-state index in [-0.39, 0.29) is 24.9 Å². The number of carbonyl (C=O) groups is 3. The molecule has 0 aromatic rings. The summed E-state index contributed by atoms with van der Waals surface area (Å²) in [4.78, 5) is 36.7. The van der Waals surface area contributed by atoms with Crippen molar-refractivity contribution in [3.05, 3.63) is 0 Å². The maximum atomic E-state index is 12.1. The minimum Gasteiger partial charge on any atom is -0.450 e. The van der Waals surface area contributed by atoms with E-state index in [4.69, 9.17) is 9.47 Å². The SMILES string of the molecule is CCOC(=O)NC1CCN(C(=O)CCNC(=O)OC(C)(C)C)CC1. The summed E-state index contributed by atoms with van der Waals surface area (Å²) in [6, 6.07) is 0.0352. The summed E-state index contributed by atoms with van der Waals surface area (Å²) in [5.74, 6) is -0.0133. The van der Waals surface area contributed by atoms with Crippen LogP contribution in [0, 0.1) is 0 Å². The zero-order valence-corrected chi connectivity index (χ0v) is 15.0. The Morgan fingerprint density at radius 3 is 2.29 bits per heavy atom. The van der Waals surface area contributed by atoms with Gasteiger partial charge in [0.2, 0.25) is 5.91 Å². The van der Waals surface area contributed by atoms with Crippen LogP contribution in [0.15, 0.2) is 0 Å². The summed E-state index contributed by atoms with van der Waals surface area (Å²) in [7, 11) is 0. The van der Waals surface area contributed by atoms with Gasteiger partial charge in [-0.05, 0) is 40.5 Å². The number of rotatable bonds is 5. The van der Waals surface area contributed by atoms with Crippen molar-refractivity contribution in [3.8, 4) is 0 Å². The fourth-order valence-corrected chi connectivity index (χ4v) is 2.36.